The summed E-state index contributed by atoms with van der Waals surface area (Å²) < 4.78 is 5.53. The molecule has 8 heteroatoms. The van der Waals surface area contributed by atoms with Crippen molar-refractivity contribution in [3.63, 3.8) is 0 Å². The Morgan fingerprint density at radius 2 is 1.84 bits per heavy atom. The number of anilines is 1. The Bertz CT molecular complexity index is 1250. The fraction of sp³-hybridized carbons (Fsp3) is 0.250. The zero-order chi connectivity index (χ0) is 22.1. The molecule has 1 fully saturated rings. The number of fused-ring (bicyclic) bond motifs is 1. The molecular weight excluding hydrogens is 404 g/mol. The van der Waals surface area contributed by atoms with E-state index in [4.69, 9.17) is 9.72 Å². The fourth-order valence-electron chi connectivity index (χ4n) is 3.97. The first-order valence-electron chi connectivity index (χ1n) is 10.6. The van der Waals surface area contributed by atoms with E-state index >= 15 is 0 Å². The van der Waals surface area contributed by atoms with Crippen LogP contribution in [0, 0.1) is 0 Å². The highest BCUT2D eigenvalue weighted by Gasteiger charge is 2.19. The molecule has 0 aliphatic carbocycles. The molecule has 1 amide bonds. The van der Waals surface area contributed by atoms with Crippen LogP contribution in [0.1, 0.15) is 10.4 Å². The van der Waals surface area contributed by atoms with Crippen molar-refractivity contribution in [2.75, 3.05) is 45.3 Å². The number of carbonyl (C=O) groups excluding carboxylic acids is 1. The molecule has 162 valence electrons. The van der Waals surface area contributed by atoms with Crippen LogP contribution in [0.4, 0.5) is 5.82 Å². The highest BCUT2D eigenvalue weighted by molar-refractivity contribution is 6.02. The first kappa shape index (κ1) is 20.1. The molecule has 1 aliphatic heterocycles. The smallest absolute Gasteiger partial charge is 0.253 e. The molecule has 0 unspecified atom stereocenters. The minimum absolute atomic E-state index is 0.0177. The molecule has 0 bridgehead atoms. The maximum Gasteiger partial charge on any atom is 0.253 e. The van der Waals surface area contributed by atoms with Crippen LogP contribution in [-0.4, -0.2) is 71.4 Å². The lowest BCUT2D eigenvalue weighted by Gasteiger charge is -2.28. The van der Waals surface area contributed by atoms with E-state index in [0.717, 1.165) is 52.3 Å². The largest absolute Gasteiger partial charge is 0.378 e. The molecule has 5 rings (SSSR count). The predicted molar refractivity (Wildman–Crippen MR) is 124 cm³/mol. The number of ether oxygens (including phenoxy) is 1. The first-order valence-corrected chi connectivity index (χ1v) is 10.6. The van der Waals surface area contributed by atoms with Gasteiger partial charge >= 0.3 is 0 Å². The SMILES string of the molecule is CN(C)C(=O)c1ccc(-c2cc(N3CCOCC3)nc3c(-c4ccn[nH]4)nccc23)cc1. The monoisotopic (exact) mass is 428 g/mol. The minimum Gasteiger partial charge on any atom is -0.378 e. The van der Waals surface area contributed by atoms with E-state index in [1.165, 1.54) is 0 Å². The Labute approximate surface area is 185 Å². The third-order valence-electron chi connectivity index (χ3n) is 5.65. The predicted octanol–water partition coefficient (Wildman–Crippen LogP) is 3.23. The summed E-state index contributed by atoms with van der Waals surface area (Å²) in [5.41, 5.74) is 5.11. The molecule has 1 saturated heterocycles. The van der Waals surface area contributed by atoms with Gasteiger partial charge in [-0.1, -0.05) is 12.1 Å². The molecule has 8 nitrogen and oxygen atoms in total. The van der Waals surface area contributed by atoms with Crippen molar-refractivity contribution in [2.24, 2.45) is 0 Å². The van der Waals surface area contributed by atoms with Crippen molar-refractivity contribution in [2.45, 2.75) is 0 Å². The number of pyridine rings is 2. The third-order valence-corrected chi connectivity index (χ3v) is 5.65. The molecule has 1 aliphatic rings. The van der Waals surface area contributed by atoms with E-state index in [1.807, 2.05) is 36.4 Å². The number of nitrogens with one attached hydrogen (secondary N) is 1. The summed E-state index contributed by atoms with van der Waals surface area (Å²) in [6.45, 7) is 2.93. The number of morpholine rings is 1. The second kappa shape index (κ2) is 8.39. The molecule has 0 atom stereocenters. The Hall–Kier alpha value is -3.78. The van der Waals surface area contributed by atoms with Gasteiger partial charge in [-0.05, 0) is 41.5 Å². The lowest BCUT2D eigenvalue weighted by molar-refractivity contribution is 0.0827. The average Bonchev–Trinajstić information content (AvgIpc) is 3.38. The maximum atomic E-state index is 12.3. The van der Waals surface area contributed by atoms with Crippen LogP contribution >= 0.6 is 0 Å². The number of amides is 1. The summed E-state index contributed by atoms with van der Waals surface area (Å²) in [4.78, 5) is 25.7. The maximum absolute atomic E-state index is 12.3. The summed E-state index contributed by atoms with van der Waals surface area (Å²) in [6.07, 6.45) is 3.51. The summed E-state index contributed by atoms with van der Waals surface area (Å²) in [5, 5.41) is 8.08. The minimum atomic E-state index is -0.0177. The van der Waals surface area contributed by atoms with Crippen LogP contribution in [0.5, 0.6) is 0 Å². The molecule has 0 radical (unpaired) electrons. The molecule has 4 aromatic rings. The number of aromatic nitrogens is 4. The van der Waals surface area contributed by atoms with Gasteiger partial charge in [0, 0.05) is 50.5 Å². The van der Waals surface area contributed by atoms with Gasteiger partial charge < -0.3 is 14.5 Å². The summed E-state index contributed by atoms with van der Waals surface area (Å²) in [5.74, 6) is 0.869. The van der Waals surface area contributed by atoms with Crippen LogP contribution < -0.4 is 4.90 Å². The van der Waals surface area contributed by atoms with Gasteiger partial charge in [0.1, 0.15) is 17.0 Å². The van der Waals surface area contributed by atoms with Gasteiger partial charge in [-0.25, -0.2) is 4.98 Å². The second-order valence-corrected chi connectivity index (χ2v) is 7.93. The summed E-state index contributed by atoms with van der Waals surface area (Å²) >= 11 is 0. The van der Waals surface area contributed by atoms with Crippen molar-refractivity contribution in [1.29, 1.82) is 0 Å². The van der Waals surface area contributed by atoms with Gasteiger partial charge in [-0.2, -0.15) is 5.10 Å². The van der Waals surface area contributed by atoms with Crippen molar-refractivity contribution < 1.29 is 9.53 Å². The van der Waals surface area contributed by atoms with Gasteiger partial charge in [-0.15, -0.1) is 0 Å². The van der Waals surface area contributed by atoms with Crippen LogP contribution in [-0.2, 0) is 4.74 Å². The Morgan fingerprint density at radius 1 is 1.06 bits per heavy atom. The number of benzene rings is 1. The van der Waals surface area contributed by atoms with Crippen LogP contribution in [0.25, 0.3) is 33.4 Å². The van der Waals surface area contributed by atoms with Crippen molar-refractivity contribution in [3.8, 4) is 22.5 Å². The first-order chi connectivity index (χ1) is 15.6. The molecular formula is C24H24N6O2. The molecule has 32 heavy (non-hydrogen) atoms. The normalized spacial score (nSPS) is 14.0. The second-order valence-electron chi connectivity index (χ2n) is 7.93. The molecule has 3 aromatic heterocycles. The van der Waals surface area contributed by atoms with Crippen LogP contribution in [0.3, 0.4) is 0 Å². The zero-order valence-corrected chi connectivity index (χ0v) is 18.1. The number of rotatable bonds is 4. The number of hydrogen-bond acceptors (Lipinski definition) is 6. The number of nitrogens with zero attached hydrogens (tertiary/aromatic N) is 5. The standard InChI is InChI=1S/C24H24N6O2/c1-29(2)24(31)17-5-3-16(4-6-17)19-15-21(30-11-13-32-14-12-30)27-22-18(19)7-9-25-23(22)20-8-10-26-28-20/h3-10,15H,11-14H2,1-2H3,(H,26,28). The fourth-order valence-corrected chi connectivity index (χ4v) is 3.97. The molecule has 1 aromatic carbocycles. The van der Waals surface area contributed by atoms with E-state index in [9.17, 15) is 4.79 Å². The van der Waals surface area contributed by atoms with Gasteiger partial charge in [0.15, 0.2) is 0 Å². The van der Waals surface area contributed by atoms with E-state index < -0.39 is 0 Å². The summed E-state index contributed by atoms with van der Waals surface area (Å²) in [6, 6.07) is 13.7. The van der Waals surface area contributed by atoms with Gasteiger partial charge in [0.2, 0.25) is 0 Å². The van der Waals surface area contributed by atoms with E-state index in [2.05, 4.69) is 26.1 Å². The zero-order valence-electron chi connectivity index (χ0n) is 18.1. The average molecular weight is 428 g/mol. The molecule has 1 N–H and O–H groups in total. The Balaban J connectivity index is 1.68. The Morgan fingerprint density at radius 3 is 2.53 bits per heavy atom. The van der Waals surface area contributed by atoms with Gasteiger partial charge in [-0.3, -0.25) is 14.9 Å². The van der Waals surface area contributed by atoms with E-state index in [1.54, 1.807) is 31.4 Å². The molecule has 0 saturated carbocycles. The Kier molecular flexibility index (Phi) is 5.28. The van der Waals surface area contributed by atoms with E-state index in [0.29, 0.717) is 18.8 Å². The van der Waals surface area contributed by atoms with E-state index in [-0.39, 0.29) is 5.91 Å². The van der Waals surface area contributed by atoms with Gasteiger partial charge in [0.25, 0.3) is 5.91 Å². The number of H-pyrrole nitrogens is 1. The molecule has 4 heterocycles. The quantitative estimate of drug-likeness (QED) is 0.537. The van der Waals surface area contributed by atoms with Crippen molar-refractivity contribution >= 4 is 22.6 Å². The lowest BCUT2D eigenvalue weighted by Crippen LogP contribution is -2.36. The van der Waals surface area contributed by atoms with Crippen LogP contribution in [0.2, 0.25) is 0 Å². The number of aromatic amines is 1. The third kappa shape index (κ3) is 3.69. The molecule has 0 spiro atoms. The highest BCUT2D eigenvalue weighted by Crippen LogP contribution is 2.35. The van der Waals surface area contributed by atoms with Gasteiger partial charge in [0.05, 0.1) is 18.9 Å². The van der Waals surface area contributed by atoms with Crippen molar-refractivity contribution in [3.05, 3.63) is 60.4 Å². The van der Waals surface area contributed by atoms with Crippen LogP contribution in [0.15, 0.2) is 54.9 Å². The summed E-state index contributed by atoms with van der Waals surface area (Å²) in [7, 11) is 3.51. The lowest BCUT2D eigenvalue weighted by atomic mass is 9.99. The topological polar surface area (TPSA) is 87.2 Å². The van der Waals surface area contributed by atoms with Crippen molar-refractivity contribution in [1.82, 2.24) is 25.1 Å². The number of carbonyl (C=O) groups is 1. The highest BCUT2D eigenvalue weighted by atomic mass is 16.5. The number of hydrogen-bond donors (Lipinski definition) is 1.